The molecular weight excluding hydrogens is 438 g/mol. The summed E-state index contributed by atoms with van der Waals surface area (Å²) in [5.74, 6) is -4.55. The molecule has 0 radical (unpaired) electrons. The lowest BCUT2D eigenvalue weighted by Gasteiger charge is -2.22. The lowest BCUT2D eigenvalue weighted by molar-refractivity contribution is -0.142. The van der Waals surface area contributed by atoms with E-state index < -0.39 is 60.4 Å². The third-order valence-corrected chi connectivity index (χ3v) is 4.59. The minimum Gasteiger partial charge on any atom is -0.508 e. The van der Waals surface area contributed by atoms with Gasteiger partial charge in [-0.25, -0.2) is 4.79 Å². The summed E-state index contributed by atoms with van der Waals surface area (Å²) >= 11 is 0. The number of aliphatic hydroxyl groups is 1. The Morgan fingerprint density at radius 3 is 2.03 bits per heavy atom. The number of phenolic OH excluding ortho intramolecular Hbond substituents is 1. The SMILES string of the molecule is CC(NC(=O)C(CO)NC(=O)C(N)Cc1ccc(O)cc1)C(=O)NC(CCC(N)=O)C(=O)O. The van der Waals surface area contributed by atoms with Crippen molar-refractivity contribution in [3.8, 4) is 5.75 Å². The summed E-state index contributed by atoms with van der Waals surface area (Å²) in [6.45, 7) is 0.487. The van der Waals surface area contributed by atoms with Crippen LogP contribution in [0.4, 0.5) is 0 Å². The number of phenols is 1. The Morgan fingerprint density at radius 1 is 0.939 bits per heavy atom. The van der Waals surface area contributed by atoms with Gasteiger partial charge in [0.15, 0.2) is 0 Å². The van der Waals surface area contributed by atoms with Crippen molar-refractivity contribution in [2.45, 2.75) is 50.4 Å². The molecule has 10 N–H and O–H groups in total. The minimum absolute atomic E-state index is 0.0505. The Labute approximate surface area is 189 Å². The molecule has 0 fully saturated rings. The van der Waals surface area contributed by atoms with E-state index in [1.165, 1.54) is 19.1 Å². The highest BCUT2D eigenvalue weighted by Gasteiger charge is 2.28. The third-order valence-electron chi connectivity index (χ3n) is 4.59. The van der Waals surface area contributed by atoms with Gasteiger partial charge in [0.1, 0.15) is 23.9 Å². The lowest BCUT2D eigenvalue weighted by Crippen LogP contribution is -2.57. The summed E-state index contributed by atoms with van der Waals surface area (Å²) in [5.41, 5.74) is 11.5. The Balaban J connectivity index is 2.63. The van der Waals surface area contributed by atoms with Gasteiger partial charge >= 0.3 is 5.97 Å². The molecule has 0 aliphatic heterocycles. The number of amides is 4. The quantitative estimate of drug-likeness (QED) is 0.148. The molecule has 0 saturated heterocycles. The van der Waals surface area contributed by atoms with Crippen LogP contribution in [0, 0.1) is 0 Å². The van der Waals surface area contributed by atoms with Gasteiger partial charge in [-0.1, -0.05) is 12.1 Å². The summed E-state index contributed by atoms with van der Waals surface area (Å²) in [6, 6.07) is 0.931. The molecule has 4 atom stereocenters. The number of rotatable bonds is 13. The normalized spacial score (nSPS) is 14.3. The highest BCUT2D eigenvalue weighted by atomic mass is 16.4. The highest BCUT2D eigenvalue weighted by molar-refractivity contribution is 5.94. The number of aliphatic hydroxyl groups excluding tert-OH is 1. The van der Waals surface area contributed by atoms with Gasteiger partial charge in [0.25, 0.3) is 0 Å². The first-order chi connectivity index (χ1) is 15.4. The second-order valence-corrected chi connectivity index (χ2v) is 7.36. The molecule has 0 spiro atoms. The second-order valence-electron chi connectivity index (χ2n) is 7.36. The van der Waals surface area contributed by atoms with E-state index in [2.05, 4.69) is 16.0 Å². The fourth-order valence-corrected chi connectivity index (χ4v) is 2.67. The van der Waals surface area contributed by atoms with E-state index in [-0.39, 0.29) is 25.0 Å². The van der Waals surface area contributed by atoms with Crippen LogP contribution in [0.5, 0.6) is 5.75 Å². The van der Waals surface area contributed by atoms with Gasteiger partial charge in [0.2, 0.25) is 23.6 Å². The van der Waals surface area contributed by atoms with Crippen molar-refractivity contribution < 1.29 is 39.3 Å². The first kappa shape index (κ1) is 27.3. The number of carbonyl (C=O) groups excluding carboxylic acids is 4. The van der Waals surface area contributed by atoms with Gasteiger partial charge in [0.05, 0.1) is 12.6 Å². The zero-order valence-electron chi connectivity index (χ0n) is 18.0. The molecule has 4 amide bonds. The molecular formula is C20H29N5O8. The smallest absolute Gasteiger partial charge is 0.326 e. The number of nitrogens with two attached hydrogens (primary N) is 2. The van der Waals surface area contributed by atoms with Gasteiger partial charge in [-0.15, -0.1) is 0 Å². The highest BCUT2D eigenvalue weighted by Crippen LogP contribution is 2.11. The number of nitrogens with one attached hydrogen (secondary N) is 3. The van der Waals surface area contributed by atoms with Crippen LogP contribution in [0.25, 0.3) is 0 Å². The molecule has 1 aromatic rings. The van der Waals surface area contributed by atoms with E-state index in [1.807, 2.05) is 0 Å². The summed E-state index contributed by atoms with van der Waals surface area (Å²) in [4.78, 5) is 58.9. The number of hydrogen-bond acceptors (Lipinski definition) is 8. The van der Waals surface area contributed by atoms with Gasteiger partial charge in [0, 0.05) is 6.42 Å². The van der Waals surface area contributed by atoms with Gasteiger partial charge in [-0.05, 0) is 37.5 Å². The topological polar surface area (TPSA) is 234 Å². The fourth-order valence-electron chi connectivity index (χ4n) is 2.67. The summed E-state index contributed by atoms with van der Waals surface area (Å²) in [7, 11) is 0. The molecule has 1 rings (SSSR count). The number of primary amides is 1. The first-order valence-electron chi connectivity index (χ1n) is 10.0. The molecule has 0 aliphatic carbocycles. The van der Waals surface area contributed by atoms with Crippen molar-refractivity contribution in [1.29, 1.82) is 0 Å². The molecule has 1 aromatic carbocycles. The number of carboxylic acids is 1. The average Bonchev–Trinajstić information content (AvgIpc) is 2.75. The van der Waals surface area contributed by atoms with Crippen LogP contribution in [0.3, 0.4) is 0 Å². The fraction of sp³-hybridized carbons (Fsp3) is 0.450. The van der Waals surface area contributed by atoms with E-state index in [4.69, 9.17) is 16.6 Å². The van der Waals surface area contributed by atoms with Crippen LogP contribution in [0.1, 0.15) is 25.3 Å². The van der Waals surface area contributed by atoms with Crippen molar-refractivity contribution in [3.05, 3.63) is 29.8 Å². The predicted molar refractivity (Wildman–Crippen MR) is 114 cm³/mol. The Kier molecular flexibility index (Phi) is 10.7. The molecule has 13 heteroatoms. The number of hydrogen-bond donors (Lipinski definition) is 8. The first-order valence-corrected chi connectivity index (χ1v) is 10.0. The summed E-state index contributed by atoms with van der Waals surface area (Å²) < 4.78 is 0. The molecule has 0 heterocycles. The van der Waals surface area contributed by atoms with Crippen molar-refractivity contribution in [3.63, 3.8) is 0 Å². The van der Waals surface area contributed by atoms with Crippen LogP contribution in [-0.2, 0) is 30.4 Å². The van der Waals surface area contributed by atoms with Crippen LogP contribution in [0.2, 0.25) is 0 Å². The average molecular weight is 467 g/mol. The molecule has 182 valence electrons. The Bertz CT molecular complexity index is 861. The molecule has 0 aromatic heterocycles. The van der Waals surface area contributed by atoms with Crippen molar-refractivity contribution in [2.75, 3.05) is 6.61 Å². The molecule has 0 bridgehead atoms. The number of aromatic hydroxyl groups is 1. The van der Waals surface area contributed by atoms with Gasteiger partial charge in [-0.3, -0.25) is 19.2 Å². The molecule has 4 unspecified atom stereocenters. The monoisotopic (exact) mass is 467 g/mol. The lowest BCUT2D eigenvalue weighted by atomic mass is 10.1. The molecule has 0 saturated carbocycles. The standard InChI is InChI=1S/C20H29N5O8/c1-10(17(29)24-14(20(32)33)6-7-16(22)28)23-19(31)15(9-26)25-18(30)13(21)8-11-2-4-12(27)5-3-11/h2-5,10,13-15,26-27H,6-9,21H2,1H3,(H2,22,28)(H,23,31)(H,24,29)(H,25,30)(H,32,33). The van der Waals surface area contributed by atoms with Crippen LogP contribution in [0.15, 0.2) is 24.3 Å². The predicted octanol–water partition coefficient (Wildman–Crippen LogP) is -2.92. The van der Waals surface area contributed by atoms with Crippen LogP contribution in [-0.4, -0.2) is 75.7 Å². The summed E-state index contributed by atoms with van der Waals surface area (Å²) in [5, 5.41) is 34.6. The largest absolute Gasteiger partial charge is 0.508 e. The third kappa shape index (κ3) is 9.53. The molecule has 33 heavy (non-hydrogen) atoms. The van der Waals surface area contributed by atoms with E-state index >= 15 is 0 Å². The Hall–Kier alpha value is -3.71. The van der Waals surface area contributed by atoms with Crippen LogP contribution < -0.4 is 27.4 Å². The summed E-state index contributed by atoms with van der Waals surface area (Å²) in [6.07, 6.45) is -0.390. The van der Waals surface area contributed by atoms with Crippen molar-refractivity contribution in [1.82, 2.24) is 16.0 Å². The van der Waals surface area contributed by atoms with Crippen LogP contribution >= 0.6 is 0 Å². The maximum absolute atomic E-state index is 12.4. The second kappa shape index (κ2) is 13.0. The molecule has 13 nitrogen and oxygen atoms in total. The van der Waals surface area contributed by atoms with Crippen molar-refractivity contribution in [2.24, 2.45) is 11.5 Å². The van der Waals surface area contributed by atoms with E-state index in [1.54, 1.807) is 12.1 Å². The Morgan fingerprint density at radius 2 is 1.52 bits per heavy atom. The number of benzene rings is 1. The number of carboxylic acid groups (broad SMARTS) is 1. The van der Waals surface area contributed by atoms with E-state index in [0.29, 0.717) is 5.56 Å². The van der Waals surface area contributed by atoms with E-state index in [9.17, 15) is 34.2 Å². The number of aliphatic carboxylic acids is 1. The number of carbonyl (C=O) groups is 5. The minimum atomic E-state index is -1.41. The maximum Gasteiger partial charge on any atom is 0.326 e. The zero-order valence-corrected chi connectivity index (χ0v) is 18.0. The zero-order chi connectivity index (χ0) is 25.1. The van der Waals surface area contributed by atoms with Crippen molar-refractivity contribution >= 4 is 29.6 Å². The molecule has 0 aliphatic rings. The maximum atomic E-state index is 12.4. The van der Waals surface area contributed by atoms with Gasteiger partial charge < -0.3 is 42.7 Å². The van der Waals surface area contributed by atoms with E-state index in [0.717, 1.165) is 0 Å². The van der Waals surface area contributed by atoms with Gasteiger partial charge in [-0.2, -0.15) is 0 Å².